The van der Waals surface area contributed by atoms with E-state index in [1.54, 1.807) is 10.8 Å². The highest BCUT2D eigenvalue weighted by Gasteiger charge is 2.50. The van der Waals surface area contributed by atoms with Gasteiger partial charge in [-0.15, -0.1) is 0 Å². The van der Waals surface area contributed by atoms with Crippen molar-refractivity contribution in [3.05, 3.63) is 35.0 Å². The molecule has 1 aromatic heterocycles. The Morgan fingerprint density at radius 1 is 1.14 bits per heavy atom. The Morgan fingerprint density at radius 2 is 1.71 bits per heavy atom. The number of rotatable bonds is 2. The van der Waals surface area contributed by atoms with Gasteiger partial charge in [0.25, 0.3) is 0 Å². The van der Waals surface area contributed by atoms with Crippen LogP contribution in [-0.4, -0.2) is 34.6 Å². The number of hydrogen-bond donors (Lipinski definition) is 0. The minimum atomic E-state index is -0.534. The molecule has 0 bridgehead atoms. The molecule has 0 radical (unpaired) electrons. The molecule has 2 aromatic rings. The fraction of sp³-hybridized carbons (Fsp3) is 0.591. The number of aromatic nitrogens is 1. The predicted octanol–water partition coefficient (Wildman–Crippen LogP) is 5.22. The van der Waals surface area contributed by atoms with Crippen LogP contribution >= 0.6 is 0 Å². The normalized spacial score (nSPS) is 18.7. The molecule has 0 saturated carbocycles. The summed E-state index contributed by atoms with van der Waals surface area (Å²) in [5.74, 6) is 0. The molecule has 0 amide bonds. The lowest BCUT2D eigenvalue weighted by Crippen LogP contribution is -2.41. The highest BCUT2D eigenvalue weighted by Crippen LogP contribution is 2.38. The van der Waals surface area contributed by atoms with Crippen LogP contribution in [0.5, 0.6) is 0 Å². The molecule has 0 unspecified atom stereocenters. The van der Waals surface area contributed by atoms with E-state index < -0.39 is 5.60 Å². The first-order valence-electron chi connectivity index (χ1n) is 9.91. The summed E-state index contributed by atoms with van der Waals surface area (Å²) in [6.45, 7) is 18.0. The van der Waals surface area contributed by atoms with Crippen molar-refractivity contribution in [2.75, 3.05) is 0 Å². The second-order valence-electron chi connectivity index (χ2n) is 9.80. The second kappa shape index (κ2) is 6.63. The Bertz CT molecular complexity index is 905. The Morgan fingerprint density at radius 3 is 2.25 bits per heavy atom. The van der Waals surface area contributed by atoms with Gasteiger partial charge in [-0.2, -0.15) is 0 Å². The summed E-state index contributed by atoms with van der Waals surface area (Å²) in [6.07, 6.45) is 2.11. The molecular formula is C22H32BNO4. The standard InChI is InChI=1S/C22H32BNO4/c1-14-12-16(13-23-27-21(6,7)22(8,9)28-23)15(2)17-10-11-24(18(14)17)19(25)26-20(3,4)5/h10-12H,13H2,1-9H3. The van der Waals surface area contributed by atoms with E-state index in [0.717, 1.165) is 22.0 Å². The number of ether oxygens (including phenoxy) is 1. The second-order valence-corrected chi connectivity index (χ2v) is 9.80. The molecule has 1 aromatic carbocycles. The molecule has 0 aliphatic carbocycles. The Labute approximate surface area is 168 Å². The van der Waals surface area contributed by atoms with E-state index in [0.29, 0.717) is 6.32 Å². The van der Waals surface area contributed by atoms with Crippen molar-refractivity contribution < 1.29 is 18.8 Å². The van der Waals surface area contributed by atoms with Gasteiger partial charge in [-0.1, -0.05) is 6.07 Å². The van der Waals surface area contributed by atoms with E-state index in [4.69, 9.17) is 14.0 Å². The molecule has 1 saturated heterocycles. The zero-order valence-corrected chi connectivity index (χ0v) is 18.6. The minimum absolute atomic E-state index is 0.284. The number of hydrogen-bond acceptors (Lipinski definition) is 4. The average Bonchev–Trinajstić information content (AvgIpc) is 3.02. The van der Waals surface area contributed by atoms with Crippen LogP contribution in [0.1, 0.15) is 65.2 Å². The van der Waals surface area contributed by atoms with E-state index in [9.17, 15) is 4.79 Å². The first-order chi connectivity index (χ1) is 12.7. The molecular weight excluding hydrogens is 353 g/mol. The molecule has 0 N–H and O–H groups in total. The number of fused-ring (bicyclic) bond motifs is 1. The van der Waals surface area contributed by atoms with E-state index >= 15 is 0 Å². The van der Waals surface area contributed by atoms with E-state index in [-0.39, 0.29) is 24.4 Å². The number of benzene rings is 1. The molecule has 3 rings (SSSR count). The fourth-order valence-corrected chi connectivity index (χ4v) is 3.65. The lowest BCUT2D eigenvalue weighted by atomic mass is 9.78. The smallest absolute Gasteiger partial charge is 0.443 e. The molecule has 2 heterocycles. The van der Waals surface area contributed by atoms with Crippen molar-refractivity contribution in [1.82, 2.24) is 4.57 Å². The zero-order valence-electron chi connectivity index (χ0n) is 18.6. The van der Waals surface area contributed by atoms with Crippen molar-refractivity contribution in [3.63, 3.8) is 0 Å². The summed E-state index contributed by atoms with van der Waals surface area (Å²) in [4.78, 5) is 12.6. The van der Waals surface area contributed by atoms with Crippen LogP contribution in [0.3, 0.4) is 0 Å². The first-order valence-corrected chi connectivity index (χ1v) is 9.91. The van der Waals surface area contributed by atoms with Gasteiger partial charge in [0, 0.05) is 17.9 Å². The van der Waals surface area contributed by atoms with Crippen molar-refractivity contribution >= 4 is 24.1 Å². The first kappa shape index (κ1) is 20.9. The van der Waals surface area contributed by atoms with Crippen molar-refractivity contribution in [2.45, 2.75) is 85.4 Å². The highest BCUT2D eigenvalue weighted by molar-refractivity contribution is 6.45. The minimum Gasteiger partial charge on any atom is -0.443 e. The van der Waals surface area contributed by atoms with Gasteiger partial charge in [0.15, 0.2) is 0 Å². The summed E-state index contributed by atoms with van der Waals surface area (Å²) in [5.41, 5.74) is 3.01. The molecule has 152 valence electrons. The number of nitrogens with zero attached hydrogens (tertiary/aromatic N) is 1. The molecule has 28 heavy (non-hydrogen) atoms. The van der Waals surface area contributed by atoms with Crippen LogP contribution in [0, 0.1) is 13.8 Å². The van der Waals surface area contributed by atoms with Crippen LogP contribution < -0.4 is 0 Å². The van der Waals surface area contributed by atoms with Gasteiger partial charge in [-0.05, 0) is 85.1 Å². The predicted molar refractivity (Wildman–Crippen MR) is 113 cm³/mol. The largest absolute Gasteiger partial charge is 0.462 e. The van der Waals surface area contributed by atoms with Crippen molar-refractivity contribution in [1.29, 1.82) is 0 Å². The number of carbonyl (C=O) groups is 1. The maximum absolute atomic E-state index is 12.6. The third kappa shape index (κ3) is 3.72. The topological polar surface area (TPSA) is 49.7 Å². The van der Waals surface area contributed by atoms with Crippen LogP contribution in [0.15, 0.2) is 18.3 Å². The SMILES string of the molecule is Cc1c(CB2OC(C)(C)C(C)(C)O2)cc(C)c2c1ccn2C(=O)OC(C)(C)C. The van der Waals surface area contributed by atoms with Crippen molar-refractivity contribution in [3.8, 4) is 0 Å². The quantitative estimate of drug-likeness (QED) is 0.666. The molecule has 6 heteroatoms. The fourth-order valence-electron chi connectivity index (χ4n) is 3.65. The van der Waals surface area contributed by atoms with Gasteiger partial charge in [0.05, 0.1) is 16.7 Å². The van der Waals surface area contributed by atoms with Crippen LogP contribution in [0.25, 0.3) is 10.9 Å². The van der Waals surface area contributed by atoms with Gasteiger partial charge >= 0.3 is 13.2 Å². The van der Waals surface area contributed by atoms with Crippen LogP contribution in [0.2, 0.25) is 0 Å². The third-order valence-corrected chi connectivity index (χ3v) is 5.82. The molecule has 0 spiro atoms. The van der Waals surface area contributed by atoms with Crippen molar-refractivity contribution in [2.24, 2.45) is 0 Å². The maximum Gasteiger partial charge on any atom is 0.462 e. The summed E-state index contributed by atoms with van der Waals surface area (Å²) < 4.78 is 19.5. The average molecular weight is 385 g/mol. The lowest BCUT2D eigenvalue weighted by Gasteiger charge is -2.32. The Kier molecular flexibility index (Phi) is 4.96. The molecule has 1 fully saturated rings. The zero-order chi connectivity index (χ0) is 21.1. The van der Waals surface area contributed by atoms with Gasteiger partial charge in [0.1, 0.15) is 5.60 Å². The monoisotopic (exact) mass is 385 g/mol. The van der Waals surface area contributed by atoms with Crippen LogP contribution in [0.4, 0.5) is 4.79 Å². The lowest BCUT2D eigenvalue weighted by molar-refractivity contribution is 0.00578. The molecule has 5 nitrogen and oxygen atoms in total. The van der Waals surface area contributed by atoms with Gasteiger partial charge in [-0.3, -0.25) is 4.57 Å². The summed E-state index contributed by atoms with van der Waals surface area (Å²) in [5, 5.41) is 1.05. The maximum atomic E-state index is 12.6. The third-order valence-electron chi connectivity index (χ3n) is 5.82. The number of aryl methyl sites for hydroxylation is 2. The molecule has 1 aliphatic rings. The Balaban J connectivity index is 1.94. The Hall–Kier alpha value is -1.79. The van der Waals surface area contributed by atoms with E-state index in [2.05, 4.69) is 40.7 Å². The summed E-state index contributed by atoms with van der Waals surface area (Å²) in [7, 11) is -0.284. The van der Waals surface area contributed by atoms with E-state index in [1.165, 1.54) is 5.56 Å². The van der Waals surface area contributed by atoms with Gasteiger partial charge in [-0.25, -0.2) is 4.79 Å². The summed E-state index contributed by atoms with van der Waals surface area (Å²) in [6, 6.07) is 4.11. The molecule has 0 atom stereocenters. The van der Waals surface area contributed by atoms with Gasteiger partial charge < -0.3 is 14.0 Å². The number of carbonyl (C=O) groups excluding carboxylic acids is 1. The highest BCUT2D eigenvalue weighted by atomic mass is 16.7. The summed E-state index contributed by atoms with van der Waals surface area (Å²) >= 11 is 0. The van der Waals surface area contributed by atoms with E-state index in [1.807, 2.05) is 33.8 Å². The van der Waals surface area contributed by atoms with Crippen LogP contribution in [-0.2, 0) is 20.4 Å². The van der Waals surface area contributed by atoms with Gasteiger partial charge in [0.2, 0.25) is 0 Å². The molecule has 1 aliphatic heterocycles.